The van der Waals surface area contributed by atoms with Crippen LogP contribution in [0, 0.1) is 5.92 Å². The van der Waals surface area contributed by atoms with E-state index in [-0.39, 0.29) is 24.0 Å². The van der Waals surface area contributed by atoms with Crippen LogP contribution in [0.15, 0.2) is 23.3 Å². The second-order valence-corrected chi connectivity index (χ2v) is 6.48. The average molecular weight is 446 g/mol. The Morgan fingerprint density at radius 3 is 2.83 bits per heavy atom. The van der Waals surface area contributed by atoms with Gasteiger partial charge in [-0.15, -0.1) is 24.0 Å². The van der Waals surface area contributed by atoms with Gasteiger partial charge in [0.25, 0.3) is 0 Å². The van der Waals surface area contributed by atoms with Crippen LogP contribution in [0.5, 0.6) is 5.88 Å². The number of guanidine groups is 1. The fourth-order valence-electron chi connectivity index (χ4n) is 2.76. The summed E-state index contributed by atoms with van der Waals surface area (Å²) in [5.74, 6) is 2.03. The summed E-state index contributed by atoms with van der Waals surface area (Å²) in [6.07, 6.45) is 9.07. The number of nitrogens with zero attached hydrogens (tertiary/aromatic N) is 2. The number of ether oxygens (including phenoxy) is 1. The van der Waals surface area contributed by atoms with Crippen LogP contribution >= 0.6 is 24.0 Å². The van der Waals surface area contributed by atoms with Crippen molar-refractivity contribution in [2.45, 2.75) is 65.0 Å². The summed E-state index contributed by atoms with van der Waals surface area (Å²) in [6, 6.07) is 3.93. The van der Waals surface area contributed by atoms with Gasteiger partial charge in [-0.1, -0.05) is 20.3 Å². The number of aromatic nitrogens is 1. The van der Waals surface area contributed by atoms with Gasteiger partial charge >= 0.3 is 0 Å². The first-order chi connectivity index (χ1) is 11.2. The van der Waals surface area contributed by atoms with Crippen LogP contribution < -0.4 is 15.8 Å². The monoisotopic (exact) mass is 446 g/mol. The normalized spacial score (nSPS) is 21.0. The Morgan fingerprint density at radius 2 is 2.12 bits per heavy atom. The highest BCUT2D eigenvalue weighted by Gasteiger charge is 2.19. The Labute approximate surface area is 162 Å². The number of halogens is 1. The molecule has 6 heteroatoms. The van der Waals surface area contributed by atoms with Crippen LogP contribution in [0.4, 0.5) is 0 Å². The largest absolute Gasteiger partial charge is 0.474 e. The number of rotatable bonds is 7. The molecule has 1 saturated carbocycles. The highest BCUT2D eigenvalue weighted by Crippen LogP contribution is 2.26. The average Bonchev–Trinajstić information content (AvgIpc) is 2.56. The molecule has 1 aromatic heterocycles. The molecule has 0 bridgehead atoms. The predicted octanol–water partition coefficient (Wildman–Crippen LogP) is 3.86. The van der Waals surface area contributed by atoms with Gasteiger partial charge in [0.1, 0.15) is 6.10 Å². The molecule has 24 heavy (non-hydrogen) atoms. The van der Waals surface area contributed by atoms with Gasteiger partial charge in [-0.2, -0.15) is 0 Å². The summed E-state index contributed by atoms with van der Waals surface area (Å²) in [4.78, 5) is 8.69. The van der Waals surface area contributed by atoms with Crippen LogP contribution in [0.2, 0.25) is 0 Å². The molecule has 136 valence electrons. The molecule has 0 atom stereocenters. The van der Waals surface area contributed by atoms with E-state index in [4.69, 9.17) is 10.5 Å². The van der Waals surface area contributed by atoms with Gasteiger partial charge in [0, 0.05) is 18.8 Å². The third kappa shape index (κ3) is 7.68. The molecule has 1 fully saturated rings. The molecule has 0 amide bonds. The van der Waals surface area contributed by atoms with Crippen molar-refractivity contribution in [2.75, 3.05) is 6.54 Å². The first-order valence-electron chi connectivity index (χ1n) is 8.82. The molecule has 2 rings (SSSR count). The fourth-order valence-corrected chi connectivity index (χ4v) is 2.76. The molecule has 3 N–H and O–H groups in total. The van der Waals surface area contributed by atoms with Crippen LogP contribution in [0.25, 0.3) is 0 Å². The molecular weight excluding hydrogens is 415 g/mol. The van der Waals surface area contributed by atoms with E-state index in [1.807, 2.05) is 12.1 Å². The number of unbranched alkanes of at least 4 members (excludes halogenated alkanes) is 1. The molecule has 1 heterocycles. The minimum Gasteiger partial charge on any atom is -0.474 e. The first kappa shape index (κ1) is 21.0. The number of aliphatic imine (C=N–C) groups is 1. The molecular formula is C18H31IN4O. The minimum atomic E-state index is 0. The summed E-state index contributed by atoms with van der Waals surface area (Å²) in [7, 11) is 0. The van der Waals surface area contributed by atoms with Gasteiger partial charge in [0.05, 0.1) is 6.54 Å². The van der Waals surface area contributed by atoms with E-state index in [1.165, 1.54) is 12.8 Å². The van der Waals surface area contributed by atoms with Crippen molar-refractivity contribution in [1.82, 2.24) is 10.3 Å². The zero-order chi connectivity index (χ0) is 16.5. The van der Waals surface area contributed by atoms with Crippen molar-refractivity contribution in [1.29, 1.82) is 0 Å². The van der Waals surface area contributed by atoms with Gasteiger partial charge in [-0.3, -0.25) is 0 Å². The summed E-state index contributed by atoms with van der Waals surface area (Å²) in [5, 5.41) is 3.12. The smallest absolute Gasteiger partial charge is 0.213 e. The maximum atomic E-state index is 6.02. The number of nitrogens with one attached hydrogen (secondary N) is 1. The van der Waals surface area contributed by atoms with Crippen molar-refractivity contribution in [3.63, 3.8) is 0 Å². The van der Waals surface area contributed by atoms with E-state index >= 15 is 0 Å². The van der Waals surface area contributed by atoms with Crippen LogP contribution in [-0.4, -0.2) is 23.6 Å². The lowest BCUT2D eigenvalue weighted by Crippen LogP contribution is -2.32. The van der Waals surface area contributed by atoms with Crippen molar-refractivity contribution in [3.8, 4) is 5.88 Å². The van der Waals surface area contributed by atoms with Gasteiger partial charge < -0.3 is 15.8 Å². The Hall–Kier alpha value is -1.05. The second-order valence-electron chi connectivity index (χ2n) is 6.48. The van der Waals surface area contributed by atoms with Gasteiger partial charge in [-0.05, 0) is 49.7 Å². The van der Waals surface area contributed by atoms with E-state index in [0.717, 1.165) is 43.7 Å². The predicted molar refractivity (Wildman–Crippen MR) is 110 cm³/mol. The van der Waals surface area contributed by atoms with Crippen LogP contribution in [-0.2, 0) is 6.54 Å². The lowest BCUT2D eigenvalue weighted by Gasteiger charge is -2.26. The molecule has 1 aromatic rings. The number of pyridine rings is 1. The lowest BCUT2D eigenvalue weighted by atomic mass is 9.89. The molecule has 0 aromatic carbocycles. The van der Waals surface area contributed by atoms with Gasteiger partial charge in [0.15, 0.2) is 5.96 Å². The topological polar surface area (TPSA) is 72.5 Å². The van der Waals surface area contributed by atoms with E-state index in [0.29, 0.717) is 24.5 Å². The van der Waals surface area contributed by atoms with Crippen molar-refractivity contribution < 1.29 is 4.74 Å². The van der Waals surface area contributed by atoms with Gasteiger partial charge in [0.2, 0.25) is 5.88 Å². The van der Waals surface area contributed by atoms with Crippen molar-refractivity contribution in [2.24, 2.45) is 16.6 Å². The summed E-state index contributed by atoms with van der Waals surface area (Å²) < 4.78 is 6.02. The maximum absolute atomic E-state index is 6.02. The van der Waals surface area contributed by atoms with E-state index in [2.05, 4.69) is 29.1 Å². The quantitative estimate of drug-likeness (QED) is 0.289. The van der Waals surface area contributed by atoms with Crippen molar-refractivity contribution in [3.05, 3.63) is 23.9 Å². The highest BCUT2D eigenvalue weighted by atomic mass is 127. The first-order valence-corrected chi connectivity index (χ1v) is 8.82. The van der Waals surface area contributed by atoms with E-state index < -0.39 is 0 Å². The van der Waals surface area contributed by atoms with Crippen LogP contribution in [0.1, 0.15) is 57.9 Å². The molecule has 5 nitrogen and oxygen atoms in total. The molecule has 0 spiro atoms. The zero-order valence-corrected chi connectivity index (χ0v) is 17.2. The molecule has 1 aliphatic carbocycles. The minimum absolute atomic E-state index is 0. The van der Waals surface area contributed by atoms with E-state index in [1.54, 1.807) is 6.20 Å². The third-order valence-electron chi connectivity index (χ3n) is 4.32. The molecule has 0 saturated heterocycles. The standard InChI is InChI=1S/C18H30N4O.HI/c1-3-4-10-21-18(19)22-13-15-9-11-20-17(12-15)23-16-7-5-14(2)6-8-16;/h9,11-12,14,16H,3-8,10,13H2,1-2H3,(H3,19,21,22);1H. The molecule has 0 unspecified atom stereocenters. The molecule has 0 radical (unpaired) electrons. The molecule has 1 aliphatic rings. The third-order valence-corrected chi connectivity index (χ3v) is 4.32. The van der Waals surface area contributed by atoms with Crippen molar-refractivity contribution >= 4 is 29.9 Å². The Balaban J connectivity index is 0.00000288. The summed E-state index contributed by atoms with van der Waals surface area (Å²) in [5.41, 5.74) is 6.92. The van der Waals surface area contributed by atoms with E-state index in [9.17, 15) is 0 Å². The Morgan fingerprint density at radius 1 is 1.38 bits per heavy atom. The SMILES string of the molecule is CCCCNC(N)=NCc1ccnc(OC2CCC(C)CC2)c1.I. The summed E-state index contributed by atoms with van der Waals surface area (Å²) in [6.45, 7) is 5.88. The fraction of sp³-hybridized carbons (Fsp3) is 0.667. The lowest BCUT2D eigenvalue weighted by molar-refractivity contribution is 0.130. The number of hydrogen-bond acceptors (Lipinski definition) is 3. The Bertz CT molecular complexity index is 502. The van der Waals surface area contributed by atoms with Crippen LogP contribution in [0.3, 0.4) is 0 Å². The zero-order valence-electron chi connectivity index (χ0n) is 14.8. The second kappa shape index (κ2) is 11.5. The maximum Gasteiger partial charge on any atom is 0.213 e. The Kier molecular flexibility index (Phi) is 10.1. The van der Waals surface area contributed by atoms with Gasteiger partial charge in [-0.25, -0.2) is 9.98 Å². The number of nitrogens with two attached hydrogens (primary N) is 1. The summed E-state index contributed by atoms with van der Waals surface area (Å²) >= 11 is 0. The highest BCUT2D eigenvalue weighted by molar-refractivity contribution is 14.0. The molecule has 0 aliphatic heterocycles. The number of hydrogen-bond donors (Lipinski definition) is 2.